The summed E-state index contributed by atoms with van der Waals surface area (Å²) in [6, 6.07) is 20.1. The minimum Gasteiger partial charge on any atom is -0.463 e. The molecule has 2 aromatic rings. The Labute approximate surface area is 203 Å². The first-order valence-corrected chi connectivity index (χ1v) is 12.1. The fourth-order valence-corrected chi connectivity index (χ4v) is 4.25. The Morgan fingerprint density at radius 2 is 1.71 bits per heavy atom. The van der Waals surface area contributed by atoms with E-state index in [1.54, 1.807) is 6.92 Å². The Morgan fingerprint density at radius 3 is 2.32 bits per heavy atom. The lowest BCUT2D eigenvalue weighted by molar-refractivity contribution is -0.179. The number of aliphatic hydroxyl groups is 1. The van der Waals surface area contributed by atoms with Crippen molar-refractivity contribution in [3.05, 3.63) is 71.8 Å². The highest BCUT2D eigenvalue weighted by Gasteiger charge is 2.43. The van der Waals surface area contributed by atoms with Crippen molar-refractivity contribution in [3.8, 4) is 0 Å². The van der Waals surface area contributed by atoms with Gasteiger partial charge in [0.05, 0.1) is 31.0 Å². The lowest BCUT2D eigenvalue weighted by Crippen LogP contribution is -2.46. The first-order valence-electron chi connectivity index (χ1n) is 12.1. The molecule has 0 radical (unpaired) electrons. The van der Waals surface area contributed by atoms with Crippen molar-refractivity contribution < 1.29 is 28.8 Å². The molecule has 0 spiro atoms. The van der Waals surface area contributed by atoms with Crippen LogP contribution < -0.4 is 0 Å². The number of carbonyl (C=O) groups excluding carboxylic acids is 1. The molecule has 186 valence electrons. The highest BCUT2D eigenvalue weighted by atomic mass is 16.6. The van der Waals surface area contributed by atoms with Crippen molar-refractivity contribution in [2.75, 3.05) is 13.2 Å². The minimum atomic E-state index is -1.12. The van der Waals surface area contributed by atoms with Crippen molar-refractivity contribution >= 4 is 5.97 Å². The molecule has 6 heteroatoms. The monoisotopic (exact) mass is 470 g/mol. The van der Waals surface area contributed by atoms with Crippen LogP contribution in [0.3, 0.4) is 0 Å². The number of benzene rings is 2. The van der Waals surface area contributed by atoms with Gasteiger partial charge in [-0.25, -0.2) is 0 Å². The van der Waals surface area contributed by atoms with Gasteiger partial charge in [0.1, 0.15) is 12.7 Å². The van der Waals surface area contributed by atoms with Crippen LogP contribution in [0.1, 0.15) is 51.2 Å². The Bertz CT molecular complexity index is 854. The summed E-state index contributed by atoms with van der Waals surface area (Å²) in [4.78, 5) is 11.4. The second-order valence-corrected chi connectivity index (χ2v) is 9.43. The summed E-state index contributed by atoms with van der Waals surface area (Å²) in [7, 11) is 0. The van der Waals surface area contributed by atoms with E-state index in [0.29, 0.717) is 32.7 Å². The summed E-state index contributed by atoms with van der Waals surface area (Å²) >= 11 is 0. The van der Waals surface area contributed by atoms with Gasteiger partial charge in [0.15, 0.2) is 0 Å². The summed E-state index contributed by atoms with van der Waals surface area (Å²) in [5.41, 5.74) is 1.11. The topological polar surface area (TPSA) is 74.2 Å². The number of hydrogen-bond donors (Lipinski definition) is 1. The molecule has 1 heterocycles. The van der Waals surface area contributed by atoms with Crippen LogP contribution in [0.2, 0.25) is 0 Å². The largest absolute Gasteiger partial charge is 0.463 e. The lowest BCUT2D eigenvalue weighted by Gasteiger charge is -2.34. The number of carbonyl (C=O) groups is 1. The highest BCUT2D eigenvalue weighted by Crippen LogP contribution is 2.34. The van der Waals surface area contributed by atoms with E-state index >= 15 is 0 Å². The van der Waals surface area contributed by atoms with Gasteiger partial charge >= 0.3 is 5.97 Å². The number of hydrogen-bond acceptors (Lipinski definition) is 6. The van der Waals surface area contributed by atoms with Crippen LogP contribution >= 0.6 is 0 Å². The van der Waals surface area contributed by atoms with Crippen LogP contribution in [0.15, 0.2) is 60.7 Å². The van der Waals surface area contributed by atoms with Crippen molar-refractivity contribution in [3.63, 3.8) is 0 Å². The quantitative estimate of drug-likeness (QED) is 0.380. The molecular formula is C28H38O6. The maximum atomic E-state index is 11.4. The van der Waals surface area contributed by atoms with Crippen LogP contribution in [0.5, 0.6) is 0 Å². The highest BCUT2D eigenvalue weighted by molar-refractivity contribution is 5.65. The van der Waals surface area contributed by atoms with E-state index in [-0.39, 0.29) is 30.7 Å². The predicted molar refractivity (Wildman–Crippen MR) is 130 cm³/mol. The zero-order valence-corrected chi connectivity index (χ0v) is 20.5. The van der Waals surface area contributed by atoms with Crippen molar-refractivity contribution in [2.24, 2.45) is 5.92 Å². The lowest BCUT2D eigenvalue weighted by atomic mass is 9.91. The van der Waals surface area contributed by atoms with Crippen LogP contribution in [0.25, 0.3) is 0 Å². The Hall–Kier alpha value is -2.25. The first-order chi connectivity index (χ1) is 16.3. The first kappa shape index (κ1) is 26.4. The summed E-state index contributed by atoms with van der Waals surface area (Å²) in [6.45, 7) is 6.87. The predicted octanol–water partition coefficient (Wildman–Crippen LogP) is 4.68. The molecule has 1 aliphatic rings. The second-order valence-electron chi connectivity index (χ2n) is 9.43. The SMILES string of the molecule is CC(=O)OC[C@@H]1O[C@H]([C@H](C)CCOCc2ccccc2)[C@@H](OCc2ccccc2)CC[C@@]1(C)O. The number of rotatable bonds is 11. The van der Waals surface area contributed by atoms with E-state index < -0.39 is 11.7 Å². The van der Waals surface area contributed by atoms with Gasteiger partial charge in [-0.2, -0.15) is 0 Å². The van der Waals surface area contributed by atoms with E-state index in [1.165, 1.54) is 6.92 Å². The summed E-state index contributed by atoms with van der Waals surface area (Å²) < 4.78 is 23.9. The smallest absolute Gasteiger partial charge is 0.302 e. The standard InChI is InChI=1S/C28H38O6/c1-21(15-17-31-18-23-10-6-4-7-11-23)27-25(33-19-24-12-8-5-9-13-24)14-16-28(3,30)26(34-27)20-32-22(2)29/h4-13,21,25-27,30H,14-20H2,1-3H3/t21-,25+,26+,27-,28-/m1/s1. The van der Waals surface area contributed by atoms with Gasteiger partial charge in [0.25, 0.3) is 0 Å². The molecular weight excluding hydrogens is 432 g/mol. The fourth-order valence-electron chi connectivity index (χ4n) is 4.25. The Balaban J connectivity index is 1.65. The molecule has 1 N–H and O–H groups in total. The van der Waals surface area contributed by atoms with Crippen molar-refractivity contribution in [2.45, 2.75) is 77.2 Å². The Kier molecular flexibility index (Phi) is 10.1. The maximum absolute atomic E-state index is 11.4. The molecule has 6 nitrogen and oxygen atoms in total. The van der Waals surface area contributed by atoms with Crippen LogP contribution in [-0.2, 0) is 37.0 Å². The van der Waals surface area contributed by atoms with Crippen LogP contribution in [-0.4, -0.2) is 48.2 Å². The van der Waals surface area contributed by atoms with Crippen LogP contribution in [0.4, 0.5) is 0 Å². The molecule has 3 rings (SSSR count). The van der Waals surface area contributed by atoms with Gasteiger partial charge in [0, 0.05) is 13.5 Å². The third-order valence-corrected chi connectivity index (χ3v) is 6.45. The summed E-state index contributed by atoms with van der Waals surface area (Å²) in [5, 5.41) is 11.1. The molecule has 1 fully saturated rings. The molecule has 0 unspecified atom stereocenters. The molecule has 1 aliphatic heterocycles. The minimum absolute atomic E-state index is 0.0153. The van der Waals surface area contributed by atoms with E-state index in [9.17, 15) is 9.90 Å². The maximum Gasteiger partial charge on any atom is 0.302 e. The third kappa shape index (κ3) is 8.20. The summed E-state index contributed by atoms with van der Waals surface area (Å²) in [5.74, 6) is -0.273. The average Bonchev–Trinajstić information content (AvgIpc) is 2.96. The van der Waals surface area contributed by atoms with Gasteiger partial charge in [-0.05, 0) is 43.2 Å². The van der Waals surface area contributed by atoms with E-state index in [2.05, 4.69) is 6.92 Å². The van der Waals surface area contributed by atoms with Gasteiger partial charge in [-0.3, -0.25) is 4.79 Å². The van der Waals surface area contributed by atoms with Gasteiger partial charge in [-0.15, -0.1) is 0 Å². The average molecular weight is 471 g/mol. The zero-order chi connectivity index (χ0) is 24.4. The van der Waals surface area contributed by atoms with Gasteiger partial charge < -0.3 is 24.1 Å². The second kappa shape index (κ2) is 13.0. The van der Waals surface area contributed by atoms with Crippen LogP contribution in [0, 0.1) is 5.92 Å². The normalized spacial score (nSPS) is 25.9. The van der Waals surface area contributed by atoms with E-state index in [1.807, 2.05) is 60.7 Å². The molecule has 1 saturated heterocycles. The molecule has 2 aromatic carbocycles. The number of ether oxygens (including phenoxy) is 4. The summed E-state index contributed by atoms with van der Waals surface area (Å²) in [6.07, 6.45) is 0.837. The third-order valence-electron chi connectivity index (χ3n) is 6.45. The molecule has 34 heavy (non-hydrogen) atoms. The van der Waals surface area contributed by atoms with Gasteiger partial charge in [0.2, 0.25) is 0 Å². The molecule has 0 bridgehead atoms. The number of esters is 1. The van der Waals surface area contributed by atoms with Crippen molar-refractivity contribution in [1.29, 1.82) is 0 Å². The molecule has 0 aliphatic carbocycles. The molecule has 0 amide bonds. The molecule has 5 atom stereocenters. The zero-order valence-electron chi connectivity index (χ0n) is 20.5. The van der Waals surface area contributed by atoms with E-state index in [0.717, 1.165) is 17.5 Å². The van der Waals surface area contributed by atoms with E-state index in [4.69, 9.17) is 18.9 Å². The van der Waals surface area contributed by atoms with Gasteiger partial charge in [-0.1, -0.05) is 67.6 Å². The van der Waals surface area contributed by atoms with Crippen molar-refractivity contribution in [1.82, 2.24) is 0 Å². The molecule has 0 aromatic heterocycles. The molecule has 0 saturated carbocycles. The Morgan fingerprint density at radius 1 is 1.09 bits per heavy atom. The fraction of sp³-hybridized carbons (Fsp3) is 0.536.